The van der Waals surface area contributed by atoms with Gasteiger partial charge in [0.15, 0.2) is 5.65 Å². The predicted octanol–water partition coefficient (Wildman–Crippen LogP) is 5.02. The molecular formula is C20H19BrClN5OS. The molecule has 0 bridgehead atoms. The van der Waals surface area contributed by atoms with Gasteiger partial charge in [-0.1, -0.05) is 32.4 Å². The second-order valence-electron chi connectivity index (χ2n) is 7.76. The topological polar surface area (TPSA) is 72.2 Å². The fourth-order valence-electron chi connectivity index (χ4n) is 3.07. The number of thiazole rings is 1. The monoisotopic (exact) mass is 491 g/mol. The minimum atomic E-state index is -0.191. The first-order valence-electron chi connectivity index (χ1n) is 9.10. The minimum Gasteiger partial charge on any atom is -0.351 e. The molecule has 0 fully saturated rings. The second-order valence-corrected chi connectivity index (χ2v) is 10.2. The van der Waals surface area contributed by atoms with E-state index < -0.39 is 0 Å². The number of carbonyl (C=O) groups excluding carboxylic acids is 1. The maximum atomic E-state index is 12.8. The van der Waals surface area contributed by atoms with Crippen LogP contribution in [0.25, 0.3) is 15.9 Å². The van der Waals surface area contributed by atoms with Gasteiger partial charge in [-0.15, -0.1) is 21.5 Å². The number of pyridine rings is 1. The average molecular weight is 493 g/mol. The summed E-state index contributed by atoms with van der Waals surface area (Å²) in [5.41, 5.74) is 1.73. The third-order valence-corrected chi connectivity index (χ3v) is 6.17. The van der Waals surface area contributed by atoms with Crippen LogP contribution in [0.4, 0.5) is 0 Å². The molecule has 150 valence electrons. The lowest BCUT2D eigenvalue weighted by Crippen LogP contribution is -2.26. The van der Waals surface area contributed by atoms with Crippen LogP contribution < -0.4 is 5.32 Å². The third kappa shape index (κ3) is 4.15. The van der Waals surface area contributed by atoms with Crippen molar-refractivity contribution < 1.29 is 4.79 Å². The van der Waals surface area contributed by atoms with Crippen molar-refractivity contribution in [1.82, 2.24) is 24.9 Å². The molecule has 0 aliphatic carbocycles. The molecular weight excluding hydrogens is 474 g/mol. The average Bonchev–Trinajstić information content (AvgIpc) is 3.23. The molecule has 29 heavy (non-hydrogen) atoms. The van der Waals surface area contributed by atoms with Gasteiger partial charge in [0, 0.05) is 34.1 Å². The SMILES string of the molecule is CC(C)(C)c1nnc2c(C(=O)NCCc3nc4cc(Cl)ccc4s3)cc(Br)cn12. The number of aromatic nitrogens is 4. The smallest absolute Gasteiger partial charge is 0.255 e. The lowest BCUT2D eigenvalue weighted by atomic mass is 9.96. The van der Waals surface area contributed by atoms with Gasteiger partial charge in [-0.2, -0.15) is 0 Å². The van der Waals surface area contributed by atoms with Gasteiger partial charge in [0.25, 0.3) is 5.91 Å². The van der Waals surface area contributed by atoms with Crippen molar-refractivity contribution in [1.29, 1.82) is 0 Å². The molecule has 0 spiro atoms. The molecule has 4 aromatic rings. The molecule has 1 N–H and O–H groups in total. The summed E-state index contributed by atoms with van der Waals surface area (Å²) in [5, 5.41) is 13.2. The van der Waals surface area contributed by atoms with Crippen LogP contribution in [0.1, 0.15) is 42.0 Å². The Kier molecular flexibility index (Phi) is 5.35. The standard InChI is InChI=1S/C20H19BrClN5OS/c1-20(2,3)19-26-25-17-13(8-11(21)10-27(17)19)18(28)23-7-6-16-24-14-9-12(22)4-5-15(14)29-16/h4-5,8-10H,6-7H2,1-3H3,(H,23,28). The van der Waals surface area contributed by atoms with E-state index in [2.05, 4.69) is 57.2 Å². The lowest BCUT2D eigenvalue weighted by molar-refractivity contribution is 0.0955. The molecule has 9 heteroatoms. The van der Waals surface area contributed by atoms with Crippen molar-refractivity contribution in [3.05, 3.63) is 56.4 Å². The van der Waals surface area contributed by atoms with E-state index in [0.29, 0.717) is 29.2 Å². The van der Waals surface area contributed by atoms with Gasteiger partial charge in [0.1, 0.15) is 5.82 Å². The van der Waals surface area contributed by atoms with Gasteiger partial charge in [-0.25, -0.2) is 4.98 Å². The number of hydrogen-bond acceptors (Lipinski definition) is 5. The quantitative estimate of drug-likeness (QED) is 0.434. The molecule has 0 aliphatic heterocycles. The van der Waals surface area contributed by atoms with Crippen LogP contribution in [0, 0.1) is 0 Å². The molecule has 0 aliphatic rings. The number of benzene rings is 1. The summed E-state index contributed by atoms with van der Waals surface area (Å²) >= 11 is 11.1. The Morgan fingerprint density at radius 3 is 2.83 bits per heavy atom. The van der Waals surface area contributed by atoms with E-state index in [0.717, 1.165) is 25.5 Å². The number of hydrogen-bond donors (Lipinski definition) is 1. The molecule has 3 heterocycles. The van der Waals surface area contributed by atoms with Crippen molar-refractivity contribution in [3.63, 3.8) is 0 Å². The number of halogens is 2. The highest BCUT2D eigenvalue weighted by atomic mass is 79.9. The largest absolute Gasteiger partial charge is 0.351 e. The summed E-state index contributed by atoms with van der Waals surface area (Å²) < 4.78 is 3.75. The van der Waals surface area contributed by atoms with Crippen LogP contribution in [0.5, 0.6) is 0 Å². The molecule has 4 rings (SSSR count). The summed E-state index contributed by atoms with van der Waals surface area (Å²) in [5.74, 6) is 0.615. The molecule has 0 radical (unpaired) electrons. The van der Waals surface area contributed by atoms with Crippen LogP contribution in [-0.4, -0.2) is 32.0 Å². The molecule has 0 atom stereocenters. The van der Waals surface area contributed by atoms with Gasteiger partial charge in [-0.3, -0.25) is 9.20 Å². The Bertz CT molecular complexity index is 1230. The van der Waals surface area contributed by atoms with E-state index >= 15 is 0 Å². The van der Waals surface area contributed by atoms with E-state index in [-0.39, 0.29) is 11.3 Å². The minimum absolute atomic E-state index is 0.187. The maximum absolute atomic E-state index is 12.8. The summed E-state index contributed by atoms with van der Waals surface area (Å²) in [6, 6.07) is 7.45. The zero-order valence-corrected chi connectivity index (χ0v) is 19.3. The fraction of sp³-hybridized carbons (Fsp3) is 0.300. The fourth-order valence-corrected chi connectivity index (χ4v) is 4.62. The van der Waals surface area contributed by atoms with Crippen molar-refractivity contribution in [2.45, 2.75) is 32.6 Å². The normalized spacial score (nSPS) is 12.0. The number of nitrogens with one attached hydrogen (secondary N) is 1. The predicted molar refractivity (Wildman–Crippen MR) is 120 cm³/mol. The van der Waals surface area contributed by atoms with E-state index in [1.807, 2.05) is 28.8 Å². The van der Waals surface area contributed by atoms with Crippen molar-refractivity contribution in [2.75, 3.05) is 6.54 Å². The third-order valence-electron chi connectivity index (χ3n) is 4.41. The maximum Gasteiger partial charge on any atom is 0.255 e. The first-order chi connectivity index (χ1) is 13.7. The molecule has 0 saturated heterocycles. The summed E-state index contributed by atoms with van der Waals surface area (Å²) in [7, 11) is 0. The highest BCUT2D eigenvalue weighted by Crippen LogP contribution is 2.26. The van der Waals surface area contributed by atoms with Crippen molar-refractivity contribution in [2.24, 2.45) is 0 Å². The first kappa shape index (κ1) is 20.3. The van der Waals surface area contributed by atoms with Crippen LogP contribution in [0.2, 0.25) is 5.02 Å². The zero-order chi connectivity index (χ0) is 20.8. The molecule has 0 saturated carbocycles. The lowest BCUT2D eigenvalue weighted by Gasteiger charge is -2.16. The number of rotatable bonds is 4. The first-order valence-corrected chi connectivity index (χ1v) is 11.1. The van der Waals surface area contributed by atoms with Gasteiger partial charge < -0.3 is 5.32 Å². The van der Waals surface area contributed by atoms with Gasteiger partial charge >= 0.3 is 0 Å². The highest BCUT2D eigenvalue weighted by molar-refractivity contribution is 9.10. The summed E-state index contributed by atoms with van der Waals surface area (Å²) in [6.45, 7) is 6.67. The van der Waals surface area contributed by atoms with Crippen molar-refractivity contribution in [3.8, 4) is 0 Å². The highest BCUT2D eigenvalue weighted by Gasteiger charge is 2.24. The Labute approximate surface area is 185 Å². The Balaban J connectivity index is 1.52. The van der Waals surface area contributed by atoms with Crippen LogP contribution in [-0.2, 0) is 11.8 Å². The Hall–Kier alpha value is -2.03. The van der Waals surface area contributed by atoms with Gasteiger partial charge in [0.05, 0.1) is 20.8 Å². The Morgan fingerprint density at radius 1 is 1.28 bits per heavy atom. The molecule has 0 unspecified atom stereocenters. The van der Waals surface area contributed by atoms with Crippen LogP contribution >= 0.6 is 38.9 Å². The van der Waals surface area contributed by atoms with E-state index in [1.54, 1.807) is 17.4 Å². The van der Waals surface area contributed by atoms with E-state index in [9.17, 15) is 4.79 Å². The molecule has 1 amide bonds. The van der Waals surface area contributed by atoms with Crippen LogP contribution in [0.15, 0.2) is 34.9 Å². The molecule has 1 aromatic carbocycles. The van der Waals surface area contributed by atoms with Crippen LogP contribution in [0.3, 0.4) is 0 Å². The number of carbonyl (C=O) groups is 1. The zero-order valence-electron chi connectivity index (χ0n) is 16.2. The number of nitrogens with zero attached hydrogens (tertiary/aromatic N) is 4. The Morgan fingerprint density at radius 2 is 2.07 bits per heavy atom. The number of amides is 1. The molecule has 6 nitrogen and oxygen atoms in total. The second kappa shape index (κ2) is 7.66. The summed E-state index contributed by atoms with van der Waals surface area (Å²) in [6.07, 6.45) is 2.53. The van der Waals surface area contributed by atoms with E-state index in [4.69, 9.17) is 11.6 Å². The number of fused-ring (bicyclic) bond motifs is 2. The summed E-state index contributed by atoms with van der Waals surface area (Å²) in [4.78, 5) is 17.4. The van der Waals surface area contributed by atoms with E-state index in [1.165, 1.54) is 0 Å². The van der Waals surface area contributed by atoms with Gasteiger partial charge in [0.2, 0.25) is 0 Å². The van der Waals surface area contributed by atoms with Gasteiger partial charge in [-0.05, 0) is 40.2 Å². The molecule has 3 aromatic heterocycles. The van der Waals surface area contributed by atoms with Crippen molar-refractivity contribution >= 4 is 60.6 Å².